The maximum Gasteiger partial charge on any atom is 0.167 e. The van der Waals surface area contributed by atoms with E-state index in [2.05, 4.69) is 12.1 Å². The zero-order valence-electron chi connectivity index (χ0n) is 10.8. The second-order valence-electron chi connectivity index (χ2n) is 5.82. The maximum absolute atomic E-state index is 12.5. The van der Waals surface area contributed by atoms with Crippen molar-refractivity contribution in [3.63, 3.8) is 0 Å². The van der Waals surface area contributed by atoms with Crippen molar-refractivity contribution in [2.45, 2.75) is 50.5 Å². The van der Waals surface area contributed by atoms with E-state index in [1.54, 1.807) is 0 Å². The minimum atomic E-state index is 0.0571. The molecule has 96 valence electrons. The van der Waals surface area contributed by atoms with Gasteiger partial charge in [0.1, 0.15) is 0 Å². The Morgan fingerprint density at radius 2 is 1.89 bits per heavy atom. The van der Waals surface area contributed by atoms with E-state index in [-0.39, 0.29) is 17.7 Å². The van der Waals surface area contributed by atoms with Gasteiger partial charge >= 0.3 is 0 Å². The van der Waals surface area contributed by atoms with Crippen LogP contribution in [0.2, 0.25) is 0 Å². The van der Waals surface area contributed by atoms with E-state index >= 15 is 0 Å². The summed E-state index contributed by atoms with van der Waals surface area (Å²) in [5.41, 5.74) is 8.25. The number of carbonyl (C=O) groups is 1. The average Bonchev–Trinajstić information content (AvgIpc) is 2.73. The highest BCUT2D eigenvalue weighted by Crippen LogP contribution is 2.37. The minimum absolute atomic E-state index is 0.0571. The largest absolute Gasteiger partial charge is 0.327 e. The number of Topliss-reactive ketones (excluding diaryl/α,β-unsaturated/α-hetero) is 1. The van der Waals surface area contributed by atoms with Gasteiger partial charge in [-0.25, -0.2) is 0 Å². The zero-order chi connectivity index (χ0) is 12.5. The van der Waals surface area contributed by atoms with Crippen molar-refractivity contribution in [2.75, 3.05) is 0 Å². The molecule has 0 aromatic heterocycles. The number of rotatable bonds is 3. The second kappa shape index (κ2) is 4.85. The molecule has 1 aromatic carbocycles. The lowest BCUT2D eigenvalue weighted by atomic mass is 9.79. The van der Waals surface area contributed by atoms with Crippen molar-refractivity contribution in [3.05, 3.63) is 35.4 Å². The SMILES string of the molecule is NC1CCCC1C(=O)c1cccc(C2CCC2)c1. The molecule has 0 bridgehead atoms. The van der Waals surface area contributed by atoms with Crippen LogP contribution >= 0.6 is 0 Å². The monoisotopic (exact) mass is 243 g/mol. The molecule has 0 amide bonds. The molecule has 2 nitrogen and oxygen atoms in total. The molecule has 18 heavy (non-hydrogen) atoms. The quantitative estimate of drug-likeness (QED) is 0.828. The van der Waals surface area contributed by atoms with Gasteiger partial charge in [0.15, 0.2) is 5.78 Å². The molecule has 0 aliphatic heterocycles. The Balaban J connectivity index is 1.80. The molecule has 2 N–H and O–H groups in total. The van der Waals surface area contributed by atoms with Gasteiger partial charge in [-0.15, -0.1) is 0 Å². The molecule has 2 unspecified atom stereocenters. The Kier molecular flexibility index (Phi) is 3.21. The summed E-state index contributed by atoms with van der Waals surface area (Å²) in [6.45, 7) is 0. The van der Waals surface area contributed by atoms with Gasteiger partial charge in [0, 0.05) is 17.5 Å². The summed E-state index contributed by atoms with van der Waals surface area (Å²) < 4.78 is 0. The second-order valence-corrected chi connectivity index (χ2v) is 5.82. The number of hydrogen-bond donors (Lipinski definition) is 1. The zero-order valence-corrected chi connectivity index (χ0v) is 10.8. The molecule has 2 saturated carbocycles. The highest BCUT2D eigenvalue weighted by atomic mass is 16.1. The standard InChI is InChI=1S/C16H21NO/c17-15-9-3-8-14(15)16(18)13-7-2-6-12(10-13)11-4-1-5-11/h2,6-7,10-11,14-15H,1,3-5,8-9,17H2. The van der Waals surface area contributed by atoms with Gasteiger partial charge in [-0.3, -0.25) is 4.79 Å². The van der Waals surface area contributed by atoms with Crippen molar-refractivity contribution in [2.24, 2.45) is 11.7 Å². The summed E-state index contributed by atoms with van der Waals surface area (Å²) in [5.74, 6) is 1.01. The fourth-order valence-corrected chi connectivity index (χ4v) is 3.22. The lowest BCUT2D eigenvalue weighted by molar-refractivity contribution is 0.0913. The van der Waals surface area contributed by atoms with Gasteiger partial charge in [0.05, 0.1) is 0 Å². The van der Waals surface area contributed by atoms with E-state index in [0.29, 0.717) is 5.92 Å². The predicted octanol–water partition coefficient (Wildman–Crippen LogP) is 3.26. The van der Waals surface area contributed by atoms with Crippen LogP contribution in [0, 0.1) is 5.92 Å². The van der Waals surface area contributed by atoms with Crippen molar-refractivity contribution in [1.29, 1.82) is 0 Å². The lowest BCUT2D eigenvalue weighted by Crippen LogP contribution is -2.30. The lowest BCUT2D eigenvalue weighted by Gasteiger charge is -2.26. The van der Waals surface area contributed by atoms with E-state index in [9.17, 15) is 4.79 Å². The summed E-state index contributed by atoms with van der Waals surface area (Å²) in [6.07, 6.45) is 6.95. The van der Waals surface area contributed by atoms with Crippen molar-refractivity contribution in [1.82, 2.24) is 0 Å². The molecule has 0 radical (unpaired) electrons. The predicted molar refractivity (Wildman–Crippen MR) is 72.7 cm³/mol. The number of ketones is 1. The van der Waals surface area contributed by atoms with Crippen LogP contribution in [0.4, 0.5) is 0 Å². The molecule has 3 rings (SSSR count). The van der Waals surface area contributed by atoms with Crippen LogP contribution in [0.5, 0.6) is 0 Å². The number of hydrogen-bond acceptors (Lipinski definition) is 2. The van der Waals surface area contributed by atoms with Gasteiger partial charge < -0.3 is 5.73 Å². The molecular weight excluding hydrogens is 222 g/mol. The maximum atomic E-state index is 12.5. The molecule has 2 atom stereocenters. The van der Waals surface area contributed by atoms with Crippen LogP contribution < -0.4 is 5.73 Å². The summed E-state index contributed by atoms with van der Waals surface area (Å²) in [5, 5.41) is 0. The van der Waals surface area contributed by atoms with E-state index in [4.69, 9.17) is 5.73 Å². The van der Waals surface area contributed by atoms with E-state index < -0.39 is 0 Å². The fraction of sp³-hybridized carbons (Fsp3) is 0.562. The normalized spacial score (nSPS) is 28.1. The Labute approximate surface area is 109 Å². The van der Waals surface area contributed by atoms with Crippen LogP contribution in [0.3, 0.4) is 0 Å². The molecule has 2 fully saturated rings. The third-order valence-electron chi connectivity index (χ3n) is 4.65. The van der Waals surface area contributed by atoms with Crippen molar-refractivity contribution >= 4 is 5.78 Å². The van der Waals surface area contributed by atoms with Gasteiger partial charge in [-0.2, -0.15) is 0 Å². The minimum Gasteiger partial charge on any atom is -0.327 e. The number of nitrogens with two attached hydrogens (primary N) is 1. The van der Waals surface area contributed by atoms with Crippen LogP contribution in [0.25, 0.3) is 0 Å². The summed E-state index contributed by atoms with van der Waals surface area (Å²) >= 11 is 0. The molecule has 2 aliphatic carbocycles. The Bertz CT molecular complexity index is 450. The van der Waals surface area contributed by atoms with Crippen LogP contribution in [-0.4, -0.2) is 11.8 Å². The summed E-state index contributed by atoms with van der Waals surface area (Å²) in [7, 11) is 0. The van der Waals surface area contributed by atoms with Crippen LogP contribution in [0.1, 0.15) is 60.4 Å². The molecule has 0 saturated heterocycles. The number of carbonyl (C=O) groups excluding carboxylic acids is 1. The highest BCUT2D eigenvalue weighted by molar-refractivity contribution is 5.98. The highest BCUT2D eigenvalue weighted by Gasteiger charge is 2.31. The Morgan fingerprint density at radius 3 is 2.50 bits per heavy atom. The van der Waals surface area contributed by atoms with Gasteiger partial charge in [0.2, 0.25) is 0 Å². The first-order valence-electron chi connectivity index (χ1n) is 7.15. The third kappa shape index (κ3) is 2.10. The van der Waals surface area contributed by atoms with Crippen molar-refractivity contribution < 1.29 is 4.79 Å². The average molecular weight is 243 g/mol. The third-order valence-corrected chi connectivity index (χ3v) is 4.65. The van der Waals surface area contributed by atoms with Gasteiger partial charge in [-0.05, 0) is 43.2 Å². The molecule has 0 spiro atoms. The molecule has 2 aliphatic rings. The topological polar surface area (TPSA) is 43.1 Å². The smallest absolute Gasteiger partial charge is 0.167 e. The van der Waals surface area contributed by atoms with Gasteiger partial charge in [-0.1, -0.05) is 31.0 Å². The number of benzene rings is 1. The van der Waals surface area contributed by atoms with E-state index in [0.717, 1.165) is 24.8 Å². The molecule has 1 aromatic rings. The first-order valence-corrected chi connectivity index (χ1v) is 7.15. The fourth-order valence-electron chi connectivity index (χ4n) is 3.22. The Hall–Kier alpha value is -1.15. The first kappa shape index (κ1) is 11.9. The summed E-state index contributed by atoms with van der Waals surface area (Å²) in [6, 6.07) is 8.33. The van der Waals surface area contributed by atoms with E-state index in [1.807, 2.05) is 12.1 Å². The Morgan fingerprint density at radius 1 is 1.11 bits per heavy atom. The molecule has 2 heteroatoms. The molecular formula is C16H21NO. The van der Waals surface area contributed by atoms with Crippen molar-refractivity contribution in [3.8, 4) is 0 Å². The van der Waals surface area contributed by atoms with Crippen LogP contribution in [0.15, 0.2) is 24.3 Å². The van der Waals surface area contributed by atoms with E-state index in [1.165, 1.54) is 24.8 Å². The first-order chi connectivity index (χ1) is 8.75. The van der Waals surface area contributed by atoms with Crippen LogP contribution in [-0.2, 0) is 0 Å². The molecule has 0 heterocycles. The van der Waals surface area contributed by atoms with Gasteiger partial charge in [0.25, 0.3) is 0 Å². The summed E-state index contributed by atoms with van der Waals surface area (Å²) in [4.78, 5) is 12.5.